The van der Waals surface area contributed by atoms with Gasteiger partial charge in [-0.25, -0.2) is 9.78 Å². The van der Waals surface area contributed by atoms with Crippen molar-refractivity contribution in [3.63, 3.8) is 0 Å². The minimum absolute atomic E-state index is 0.263. The van der Waals surface area contributed by atoms with Gasteiger partial charge in [-0.05, 0) is 63.1 Å². The van der Waals surface area contributed by atoms with Gasteiger partial charge in [-0.15, -0.1) is 11.3 Å². The van der Waals surface area contributed by atoms with E-state index in [2.05, 4.69) is 22.4 Å². The lowest BCUT2D eigenvalue weighted by molar-refractivity contribution is 0.0523. The van der Waals surface area contributed by atoms with Crippen LogP contribution in [0.4, 0.5) is 4.79 Å². The second kappa shape index (κ2) is 7.96. The van der Waals surface area contributed by atoms with E-state index in [1.165, 1.54) is 5.56 Å². The molecular formula is C19H26N2O5S2. The minimum atomic E-state index is -3.37. The highest BCUT2D eigenvalue weighted by atomic mass is 32.2. The molecule has 1 N–H and O–H groups in total. The van der Waals surface area contributed by atoms with Crippen LogP contribution in [0.1, 0.15) is 50.1 Å². The Labute approximate surface area is 169 Å². The molecule has 1 amide bonds. The Kier molecular flexibility index (Phi) is 5.97. The maximum atomic E-state index is 11.8. The summed E-state index contributed by atoms with van der Waals surface area (Å²) in [5.74, 6) is 0.702. The topological polar surface area (TPSA) is 94.6 Å². The zero-order chi connectivity index (χ0) is 20.5. The van der Waals surface area contributed by atoms with E-state index in [0.29, 0.717) is 12.5 Å². The van der Waals surface area contributed by atoms with Crippen molar-refractivity contribution < 1.29 is 22.1 Å². The molecule has 1 aliphatic rings. The van der Waals surface area contributed by atoms with Crippen LogP contribution in [0.5, 0.6) is 0 Å². The largest absolute Gasteiger partial charge is 0.444 e. The third-order valence-electron chi connectivity index (χ3n) is 4.46. The first kappa shape index (κ1) is 21.0. The SMILES string of the molecule is CC(C)(C)OC(=O)NCc1nc2ccc([C@H]3C[C@H](COS(C)(=O)=O)C3)cc2s1. The second-order valence-corrected chi connectivity index (χ2v) is 11.0. The maximum absolute atomic E-state index is 11.8. The number of carbonyl (C=O) groups excluding carboxylic acids is 1. The zero-order valence-corrected chi connectivity index (χ0v) is 18.2. The summed E-state index contributed by atoms with van der Waals surface area (Å²) in [4.78, 5) is 16.3. The molecule has 1 aromatic heterocycles. The van der Waals surface area contributed by atoms with E-state index in [9.17, 15) is 13.2 Å². The fourth-order valence-electron chi connectivity index (χ4n) is 3.14. The summed E-state index contributed by atoms with van der Waals surface area (Å²) in [5.41, 5.74) is 1.61. The molecule has 0 unspecified atom stereocenters. The van der Waals surface area contributed by atoms with Crippen LogP contribution in [0, 0.1) is 5.92 Å². The first-order valence-electron chi connectivity index (χ1n) is 9.19. The van der Waals surface area contributed by atoms with Gasteiger partial charge >= 0.3 is 6.09 Å². The Bertz CT molecular complexity index is 956. The van der Waals surface area contributed by atoms with Crippen LogP contribution in [0.25, 0.3) is 10.2 Å². The van der Waals surface area contributed by atoms with Gasteiger partial charge in [0.1, 0.15) is 10.6 Å². The van der Waals surface area contributed by atoms with Gasteiger partial charge in [0.2, 0.25) is 0 Å². The number of rotatable bonds is 6. The van der Waals surface area contributed by atoms with Crippen molar-refractivity contribution in [1.82, 2.24) is 10.3 Å². The summed E-state index contributed by atoms with van der Waals surface area (Å²) in [6, 6.07) is 6.21. The summed E-state index contributed by atoms with van der Waals surface area (Å²) in [5, 5.41) is 3.56. The highest BCUT2D eigenvalue weighted by Gasteiger charge is 2.31. The molecule has 0 radical (unpaired) electrons. The highest BCUT2D eigenvalue weighted by Crippen LogP contribution is 2.42. The molecule has 1 aliphatic carbocycles. The molecule has 2 aromatic rings. The van der Waals surface area contributed by atoms with Crippen LogP contribution in [-0.2, 0) is 25.6 Å². The van der Waals surface area contributed by atoms with E-state index in [4.69, 9.17) is 8.92 Å². The molecule has 154 valence electrons. The molecule has 0 spiro atoms. The Morgan fingerprint density at radius 1 is 1.32 bits per heavy atom. The van der Waals surface area contributed by atoms with Gasteiger partial charge in [-0.1, -0.05) is 6.07 Å². The van der Waals surface area contributed by atoms with Gasteiger partial charge in [0.25, 0.3) is 10.1 Å². The molecular weight excluding hydrogens is 400 g/mol. The molecule has 0 atom stereocenters. The number of thiazole rings is 1. The first-order chi connectivity index (χ1) is 13.0. The average molecular weight is 427 g/mol. The monoisotopic (exact) mass is 426 g/mol. The predicted octanol–water partition coefficient (Wildman–Crippen LogP) is 3.79. The summed E-state index contributed by atoms with van der Waals surface area (Å²) < 4.78 is 33.4. The number of amides is 1. The Hall–Kier alpha value is -1.71. The lowest BCUT2D eigenvalue weighted by atomic mass is 9.72. The average Bonchev–Trinajstić information content (AvgIpc) is 2.91. The number of hydrogen-bond acceptors (Lipinski definition) is 7. The smallest absolute Gasteiger partial charge is 0.408 e. The van der Waals surface area contributed by atoms with Crippen LogP contribution in [0.3, 0.4) is 0 Å². The number of fused-ring (bicyclic) bond motifs is 1. The van der Waals surface area contributed by atoms with Crippen molar-refractivity contribution >= 4 is 37.8 Å². The lowest BCUT2D eigenvalue weighted by Gasteiger charge is -2.35. The van der Waals surface area contributed by atoms with E-state index in [0.717, 1.165) is 34.3 Å². The fraction of sp³-hybridized carbons (Fsp3) is 0.579. The van der Waals surface area contributed by atoms with Crippen molar-refractivity contribution in [3.05, 3.63) is 28.8 Å². The maximum Gasteiger partial charge on any atom is 0.408 e. The van der Waals surface area contributed by atoms with Crippen LogP contribution in [0.15, 0.2) is 18.2 Å². The molecule has 1 saturated carbocycles. The minimum Gasteiger partial charge on any atom is -0.444 e. The van der Waals surface area contributed by atoms with Crippen LogP contribution in [0.2, 0.25) is 0 Å². The van der Waals surface area contributed by atoms with E-state index >= 15 is 0 Å². The first-order valence-corrected chi connectivity index (χ1v) is 11.8. The number of nitrogens with zero attached hydrogens (tertiary/aromatic N) is 1. The molecule has 9 heteroatoms. The van der Waals surface area contributed by atoms with Gasteiger partial charge < -0.3 is 10.1 Å². The van der Waals surface area contributed by atoms with E-state index < -0.39 is 21.8 Å². The second-order valence-electron chi connectivity index (χ2n) is 8.21. The number of alkyl carbamates (subject to hydrolysis) is 1. The molecule has 1 fully saturated rings. The van der Waals surface area contributed by atoms with Gasteiger partial charge in [0.15, 0.2) is 0 Å². The van der Waals surface area contributed by atoms with Crippen LogP contribution < -0.4 is 5.32 Å². The molecule has 28 heavy (non-hydrogen) atoms. The fourth-order valence-corrected chi connectivity index (χ4v) is 4.54. The van der Waals surface area contributed by atoms with Crippen LogP contribution >= 0.6 is 11.3 Å². The lowest BCUT2D eigenvalue weighted by Crippen LogP contribution is -2.32. The van der Waals surface area contributed by atoms with Crippen molar-refractivity contribution in [2.24, 2.45) is 5.92 Å². The molecule has 7 nitrogen and oxygen atoms in total. The Morgan fingerprint density at radius 2 is 2.04 bits per heavy atom. The van der Waals surface area contributed by atoms with Crippen molar-refractivity contribution in [3.8, 4) is 0 Å². The Morgan fingerprint density at radius 3 is 2.68 bits per heavy atom. The molecule has 3 rings (SSSR count). The Balaban J connectivity index is 1.56. The van der Waals surface area contributed by atoms with E-state index in [1.807, 2.05) is 26.8 Å². The summed E-state index contributed by atoms with van der Waals surface area (Å²) >= 11 is 1.55. The summed E-state index contributed by atoms with van der Waals surface area (Å²) in [7, 11) is -3.37. The number of ether oxygens (including phenoxy) is 1. The van der Waals surface area contributed by atoms with Gasteiger partial charge in [0.05, 0.1) is 29.6 Å². The standard InChI is InChI=1S/C19H26N2O5S2/c1-19(2,3)26-18(22)20-10-17-21-15-6-5-13(9-16(15)27-17)14-7-12(8-14)11-25-28(4,23)24/h5-6,9,12,14H,7-8,10-11H2,1-4H3,(H,20,22)/t12-,14-. The van der Waals surface area contributed by atoms with Gasteiger partial charge in [-0.3, -0.25) is 4.18 Å². The quantitative estimate of drug-likeness (QED) is 0.706. The van der Waals surface area contributed by atoms with E-state index in [1.54, 1.807) is 11.3 Å². The van der Waals surface area contributed by atoms with Crippen molar-refractivity contribution in [2.75, 3.05) is 12.9 Å². The zero-order valence-electron chi connectivity index (χ0n) is 16.5. The number of hydrogen-bond donors (Lipinski definition) is 1. The molecule has 0 aliphatic heterocycles. The third-order valence-corrected chi connectivity index (χ3v) is 6.05. The normalized spacial score (nSPS) is 20.0. The predicted molar refractivity (Wildman–Crippen MR) is 109 cm³/mol. The number of benzene rings is 1. The van der Waals surface area contributed by atoms with Crippen molar-refractivity contribution in [2.45, 2.75) is 51.7 Å². The summed E-state index contributed by atoms with van der Waals surface area (Å²) in [6.45, 7) is 6.06. The molecule has 1 aromatic carbocycles. The van der Waals surface area contributed by atoms with Gasteiger partial charge in [0, 0.05) is 0 Å². The number of aromatic nitrogens is 1. The molecule has 0 saturated heterocycles. The third kappa shape index (κ3) is 5.89. The molecule has 1 heterocycles. The highest BCUT2D eigenvalue weighted by molar-refractivity contribution is 7.85. The summed E-state index contributed by atoms with van der Waals surface area (Å²) in [6.07, 6.45) is 2.47. The van der Waals surface area contributed by atoms with Crippen molar-refractivity contribution in [1.29, 1.82) is 0 Å². The van der Waals surface area contributed by atoms with E-state index in [-0.39, 0.29) is 12.5 Å². The number of nitrogens with one attached hydrogen (secondary N) is 1. The van der Waals surface area contributed by atoms with Crippen LogP contribution in [-0.4, -0.2) is 38.0 Å². The number of carbonyl (C=O) groups is 1. The molecule has 0 bridgehead atoms. The van der Waals surface area contributed by atoms with Gasteiger partial charge in [-0.2, -0.15) is 8.42 Å².